The number of aliphatic hydroxyl groups is 2. The predicted octanol–water partition coefficient (Wildman–Crippen LogP) is 3.50. The summed E-state index contributed by atoms with van der Waals surface area (Å²) in [5, 5.41) is 23.6. The zero-order valence-electron chi connectivity index (χ0n) is 21.0. The van der Waals surface area contributed by atoms with E-state index in [9.17, 15) is 19.8 Å². The van der Waals surface area contributed by atoms with E-state index in [0.29, 0.717) is 24.3 Å². The molecule has 6 heteroatoms. The standard InChI is InChI=1S/C28H38O6/c1-14-13-20(33-24(30)15(14)2)27(5,31)18-9-8-16-21-17(10-12-25(16,18)3)26(4)19(29)7-6-11-28(26,32)23-22(21)34-23/h6-7,16-18,20-23,31-32H,8-13H2,1-5H3/t16?,17?,18?,20?,21?,22-,23-,25-,26-,27-,28-/m0/s1. The van der Waals surface area contributed by atoms with Crippen LogP contribution >= 0.6 is 0 Å². The van der Waals surface area contributed by atoms with E-state index in [1.165, 1.54) is 0 Å². The zero-order chi connectivity index (χ0) is 24.4. The van der Waals surface area contributed by atoms with E-state index in [-0.39, 0.29) is 47.1 Å². The van der Waals surface area contributed by atoms with Crippen molar-refractivity contribution < 1.29 is 29.3 Å². The summed E-state index contributed by atoms with van der Waals surface area (Å²) < 4.78 is 12.0. The van der Waals surface area contributed by atoms with Gasteiger partial charge in [0.1, 0.15) is 23.4 Å². The normalized spacial score (nSPS) is 53.3. The summed E-state index contributed by atoms with van der Waals surface area (Å²) >= 11 is 0. The lowest BCUT2D eigenvalue weighted by atomic mass is 9.43. The number of hydrogen-bond acceptors (Lipinski definition) is 6. The third-order valence-corrected chi connectivity index (χ3v) is 11.6. The van der Waals surface area contributed by atoms with Gasteiger partial charge in [-0.15, -0.1) is 0 Å². The fourth-order valence-corrected chi connectivity index (χ4v) is 9.36. The maximum Gasteiger partial charge on any atom is 0.334 e. The van der Waals surface area contributed by atoms with Crippen LogP contribution in [0.3, 0.4) is 0 Å². The van der Waals surface area contributed by atoms with Crippen molar-refractivity contribution in [2.45, 2.75) is 103 Å². The molecule has 2 N–H and O–H groups in total. The smallest absolute Gasteiger partial charge is 0.334 e. The fraction of sp³-hybridized carbons (Fsp3) is 0.786. The third kappa shape index (κ3) is 2.58. The van der Waals surface area contributed by atoms with E-state index in [4.69, 9.17) is 9.47 Å². The molecule has 0 spiro atoms. The highest BCUT2D eigenvalue weighted by Crippen LogP contribution is 2.72. The number of ketones is 1. The first-order valence-corrected chi connectivity index (χ1v) is 13.1. The van der Waals surface area contributed by atoms with Crippen molar-refractivity contribution in [2.75, 3.05) is 0 Å². The Morgan fingerprint density at radius 2 is 1.85 bits per heavy atom. The Kier molecular flexibility index (Phi) is 4.61. The van der Waals surface area contributed by atoms with Crippen molar-refractivity contribution in [3.63, 3.8) is 0 Å². The van der Waals surface area contributed by atoms with Crippen molar-refractivity contribution >= 4 is 11.8 Å². The van der Waals surface area contributed by atoms with Crippen LogP contribution in [-0.4, -0.2) is 51.5 Å². The maximum atomic E-state index is 13.3. The van der Waals surface area contributed by atoms with Crippen LogP contribution in [0.25, 0.3) is 0 Å². The molecule has 0 aromatic carbocycles. The molecule has 34 heavy (non-hydrogen) atoms. The second-order valence-electron chi connectivity index (χ2n) is 12.8. The van der Waals surface area contributed by atoms with Gasteiger partial charge >= 0.3 is 5.97 Å². The maximum absolute atomic E-state index is 13.3. The summed E-state index contributed by atoms with van der Waals surface area (Å²) in [4.78, 5) is 25.7. The van der Waals surface area contributed by atoms with E-state index in [1.807, 2.05) is 26.8 Å². The van der Waals surface area contributed by atoms with Crippen molar-refractivity contribution in [3.8, 4) is 0 Å². The molecule has 1 saturated heterocycles. The number of epoxide rings is 1. The number of carbonyl (C=O) groups is 2. The van der Waals surface area contributed by atoms with Gasteiger partial charge in [-0.05, 0) is 95.0 Å². The molecule has 5 unspecified atom stereocenters. The summed E-state index contributed by atoms with van der Waals surface area (Å²) in [7, 11) is 0. The summed E-state index contributed by atoms with van der Waals surface area (Å²) in [5.74, 6) is 0.263. The van der Waals surface area contributed by atoms with Gasteiger partial charge in [-0.3, -0.25) is 4.79 Å². The minimum absolute atomic E-state index is 0.0114. The third-order valence-electron chi connectivity index (χ3n) is 11.6. The highest BCUT2D eigenvalue weighted by Gasteiger charge is 2.78. The van der Waals surface area contributed by atoms with Crippen LogP contribution in [0.1, 0.15) is 73.1 Å². The molecule has 6 rings (SSSR count). The molecule has 3 saturated carbocycles. The number of ether oxygens (including phenoxy) is 2. The molecule has 0 bridgehead atoms. The van der Waals surface area contributed by atoms with Gasteiger partial charge < -0.3 is 19.7 Å². The largest absolute Gasteiger partial charge is 0.456 e. The van der Waals surface area contributed by atoms with Crippen LogP contribution in [0.4, 0.5) is 0 Å². The number of cyclic esters (lactones) is 1. The van der Waals surface area contributed by atoms with E-state index < -0.39 is 22.7 Å². The van der Waals surface area contributed by atoms with Crippen LogP contribution < -0.4 is 0 Å². The molecule has 6 nitrogen and oxygen atoms in total. The van der Waals surface area contributed by atoms with Crippen LogP contribution in [0.15, 0.2) is 23.3 Å². The van der Waals surface area contributed by atoms with Crippen molar-refractivity contribution in [1.29, 1.82) is 0 Å². The molecule has 4 aliphatic carbocycles. The molecule has 0 aromatic rings. The molecule has 0 aromatic heterocycles. The fourth-order valence-electron chi connectivity index (χ4n) is 9.36. The monoisotopic (exact) mass is 470 g/mol. The van der Waals surface area contributed by atoms with Crippen molar-refractivity contribution in [2.24, 2.45) is 34.5 Å². The molecular formula is C28H38O6. The highest BCUT2D eigenvalue weighted by atomic mass is 16.6. The Bertz CT molecular complexity index is 1030. The Balaban J connectivity index is 1.33. The van der Waals surface area contributed by atoms with E-state index in [0.717, 1.165) is 31.3 Å². The van der Waals surface area contributed by atoms with Gasteiger partial charge in [-0.25, -0.2) is 4.79 Å². The zero-order valence-corrected chi connectivity index (χ0v) is 21.0. The summed E-state index contributed by atoms with van der Waals surface area (Å²) in [6, 6.07) is 0. The first-order valence-electron chi connectivity index (χ1n) is 13.1. The van der Waals surface area contributed by atoms with Crippen LogP contribution in [0.5, 0.6) is 0 Å². The Morgan fingerprint density at radius 3 is 2.56 bits per heavy atom. The first kappa shape index (κ1) is 22.9. The SMILES string of the molecule is CC1=C(C)C(=O)OC([C@@](C)(O)C2CCC3C4C(CC[C@@]32C)[C@@]2(C)C(=O)C=CC[C@]2(O)[C@H]2O[C@@H]42)C1. The van der Waals surface area contributed by atoms with Gasteiger partial charge in [0.25, 0.3) is 0 Å². The molecule has 11 atom stereocenters. The van der Waals surface area contributed by atoms with Crippen LogP contribution in [-0.2, 0) is 19.1 Å². The summed E-state index contributed by atoms with van der Waals surface area (Å²) in [6.45, 7) is 9.86. The molecule has 0 amide bonds. The molecular weight excluding hydrogens is 432 g/mol. The second kappa shape index (κ2) is 6.83. The van der Waals surface area contributed by atoms with E-state index in [1.54, 1.807) is 13.0 Å². The van der Waals surface area contributed by atoms with Crippen LogP contribution in [0.2, 0.25) is 0 Å². The van der Waals surface area contributed by atoms with Gasteiger partial charge in [-0.2, -0.15) is 0 Å². The Labute approximate surface area is 201 Å². The summed E-state index contributed by atoms with van der Waals surface area (Å²) in [6.07, 6.45) is 7.18. The van der Waals surface area contributed by atoms with Crippen molar-refractivity contribution in [1.82, 2.24) is 0 Å². The quantitative estimate of drug-likeness (QED) is 0.474. The number of hydrogen-bond donors (Lipinski definition) is 2. The second-order valence-corrected chi connectivity index (χ2v) is 12.8. The van der Waals surface area contributed by atoms with E-state index in [2.05, 4.69) is 6.92 Å². The predicted molar refractivity (Wildman–Crippen MR) is 125 cm³/mol. The highest BCUT2D eigenvalue weighted by molar-refractivity contribution is 5.97. The number of carbonyl (C=O) groups excluding carboxylic acids is 2. The van der Waals surface area contributed by atoms with Gasteiger partial charge in [0.2, 0.25) is 0 Å². The average Bonchev–Trinajstić information content (AvgIpc) is 3.49. The number of fused-ring (bicyclic) bond motifs is 8. The molecule has 4 fully saturated rings. The summed E-state index contributed by atoms with van der Waals surface area (Å²) in [5.41, 5.74) is -1.60. The van der Waals surface area contributed by atoms with Gasteiger partial charge in [0, 0.05) is 12.0 Å². The van der Waals surface area contributed by atoms with Gasteiger partial charge in [0.15, 0.2) is 5.78 Å². The Hall–Kier alpha value is -1.50. The lowest BCUT2D eigenvalue weighted by molar-refractivity contribution is -0.195. The Morgan fingerprint density at radius 1 is 1.12 bits per heavy atom. The number of esters is 1. The minimum atomic E-state index is -1.14. The van der Waals surface area contributed by atoms with Crippen molar-refractivity contribution in [3.05, 3.63) is 23.3 Å². The molecule has 2 heterocycles. The molecule has 186 valence electrons. The topological polar surface area (TPSA) is 96.4 Å². The lowest BCUT2D eigenvalue weighted by Gasteiger charge is -2.60. The minimum Gasteiger partial charge on any atom is -0.456 e. The lowest BCUT2D eigenvalue weighted by Crippen LogP contribution is -2.67. The molecule has 2 aliphatic heterocycles. The average molecular weight is 471 g/mol. The number of rotatable bonds is 2. The molecule has 0 radical (unpaired) electrons. The van der Waals surface area contributed by atoms with Gasteiger partial charge in [-0.1, -0.05) is 18.6 Å². The number of allylic oxidation sites excluding steroid dienone is 1. The van der Waals surface area contributed by atoms with Crippen LogP contribution in [0, 0.1) is 34.5 Å². The van der Waals surface area contributed by atoms with E-state index >= 15 is 0 Å². The van der Waals surface area contributed by atoms with Gasteiger partial charge in [0.05, 0.1) is 11.5 Å². The molecule has 6 aliphatic rings. The first-order chi connectivity index (χ1) is 15.9.